The largest absolute Gasteiger partial charge is 0.445 e. The number of alkyl halides is 2. The maximum absolute atomic E-state index is 14.1. The van der Waals surface area contributed by atoms with Crippen molar-refractivity contribution < 1.29 is 27.8 Å². The molecular formula is C17H22F2N2O4. The highest BCUT2D eigenvalue weighted by atomic mass is 19.3. The molecule has 0 saturated carbocycles. The van der Waals surface area contributed by atoms with Crippen LogP contribution in [0.15, 0.2) is 30.3 Å². The van der Waals surface area contributed by atoms with Gasteiger partial charge in [0, 0.05) is 0 Å². The Morgan fingerprint density at radius 3 is 2.52 bits per heavy atom. The van der Waals surface area contributed by atoms with Crippen LogP contribution in [-0.4, -0.2) is 47.7 Å². The Bertz CT molecular complexity index is 617. The second-order valence-corrected chi connectivity index (χ2v) is 6.88. The van der Waals surface area contributed by atoms with Crippen molar-refractivity contribution in [2.75, 3.05) is 13.1 Å². The van der Waals surface area contributed by atoms with E-state index in [1.165, 1.54) is 0 Å². The Morgan fingerprint density at radius 1 is 1.28 bits per heavy atom. The van der Waals surface area contributed by atoms with Crippen LogP contribution in [0.2, 0.25) is 0 Å². The number of alkyl carbamates (subject to hydrolysis) is 1. The fourth-order valence-corrected chi connectivity index (χ4v) is 2.31. The summed E-state index contributed by atoms with van der Waals surface area (Å²) in [4.78, 5) is 24.6. The molecular weight excluding hydrogens is 334 g/mol. The lowest BCUT2D eigenvalue weighted by Crippen LogP contribution is -2.46. The van der Waals surface area contributed by atoms with Crippen molar-refractivity contribution in [3.63, 3.8) is 0 Å². The molecule has 1 atom stereocenters. The minimum atomic E-state index is -3.26. The van der Waals surface area contributed by atoms with Crippen molar-refractivity contribution in [1.29, 1.82) is 0 Å². The summed E-state index contributed by atoms with van der Waals surface area (Å²) in [5.41, 5.74) is -0.0434. The molecule has 0 aromatic heterocycles. The van der Waals surface area contributed by atoms with E-state index >= 15 is 0 Å². The van der Waals surface area contributed by atoms with E-state index in [4.69, 9.17) is 9.47 Å². The fraction of sp³-hybridized carbons (Fsp3) is 0.529. The molecule has 0 unspecified atom stereocenters. The van der Waals surface area contributed by atoms with Gasteiger partial charge in [0.05, 0.1) is 13.1 Å². The number of rotatable bonds is 3. The summed E-state index contributed by atoms with van der Waals surface area (Å²) in [6, 6.07) is 7.35. The van der Waals surface area contributed by atoms with Crippen molar-refractivity contribution >= 4 is 12.2 Å². The summed E-state index contributed by atoms with van der Waals surface area (Å²) in [5.74, 6) is -3.26. The highest BCUT2D eigenvalue weighted by Crippen LogP contribution is 2.29. The minimum Gasteiger partial charge on any atom is -0.445 e. The number of likely N-dealkylation sites (tertiary alicyclic amines) is 1. The number of amides is 2. The Morgan fingerprint density at radius 2 is 1.92 bits per heavy atom. The third-order valence-corrected chi connectivity index (χ3v) is 3.47. The highest BCUT2D eigenvalue weighted by molar-refractivity contribution is 5.70. The SMILES string of the molecule is CC(C)(C)OC(=O)N1C[C@@H](NC(=O)OCc2ccccc2)C(F)(F)C1. The van der Waals surface area contributed by atoms with E-state index in [2.05, 4.69) is 5.32 Å². The van der Waals surface area contributed by atoms with E-state index in [0.29, 0.717) is 0 Å². The lowest BCUT2D eigenvalue weighted by molar-refractivity contribution is -0.0164. The summed E-state index contributed by atoms with van der Waals surface area (Å²) in [5, 5.41) is 2.13. The van der Waals surface area contributed by atoms with Crippen LogP contribution >= 0.6 is 0 Å². The highest BCUT2D eigenvalue weighted by Gasteiger charge is 2.51. The molecule has 1 heterocycles. The van der Waals surface area contributed by atoms with Gasteiger partial charge >= 0.3 is 12.2 Å². The zero-order valence-electron chi connectivity index (χ0n) is 14.4. The summed E-state index contributed by atoms with van der Waals surface area (Å²) in [6.45, 7) is 3.76. The summed E-state index contributed by atoms with van der Waals surface area (Å²) in [6.07, 6.45) is -1.80. The molecule has 1 fully saturated rings. The van der Waals surface area contributed by atoms with Gasteiger partial charge in [0.2, 0.25) is 0 Å². The molecule has 1 aliphatic rings. The normalized spacial score (nSPS) is 19.4. The van der Waals surface area contributed by atoms with Crippen molar-refractivity contribution in [1.82, 2.24) is 10.2 Å². The molecule has 6 nitrogen and oxygen atoms in total. The predicted molar refractivity (Wildman–Crippen MR) is 86.3 cm³/mol. The van der Waals surface area contributed by atoms with E-state index in [-0.39, 0.29) is 13.2 Å². The number of nitrogens with one attached hydrogen (secondary N) is 1. The number of hydrogen-bond acceptors (Lipinski definition) is 4. The smallest absolute Gasteiger partial charge is 0.410 e. The van der Waals surface area contributed by atoms with Crippen LogP contribution < -0.4 is 5.32 Å². The first kappa shape index (κ1) is 19.0. The standard InChI is InChI=1S/C17H22F2N2O4/c1-16(2,3)25-15(23)21-9-13(17(18,19)11-21)20-14(22)24-10-12-7-5-4-6-8-12/h4-8,13H,9-11H2,1-3H3,(H,20,22)/t13-/m1/s1. The van der Waals surface area contributed by atoms with E-state index in [9.17, 15) is 18.4 Å². The molecule has 1 aromatic carbocycles. The van der Waals surface area contributed by atoms with Crippen molar-refractivity contribution in [2.24, 2.45) is 0 Å². The molecule has 0 bridgehead atoms. The molecule has 8 heteroatoms. The van der Waals surface area contributed by atoms with Gasteiger partial charge in [-0.3, -0.25) is 4.90 Å². The van der Waals surface area contributed by atoms with Gasteiger partial charge in [-0.2, -0.15) is 0 Å². The van der Waals surface area contributed by atoms with Gasteiger partial charge in [0.15, 0.2) is 0 Å². The van der Waals surface area contributed by atoms with Crippen LogP contribution in [0, 0.1) is 0 Å². The Labute approximate surface area is 145 Å². The zero-order valence-corrected chi connectivity index (χ0v) is 14.4. The summed E-state index contributed by atoms with van der Waals surface area (Å²) in [7, 11) is 0. The monoisotopic (exact) mass is 356 g/mol. The Hall–Kier alpha value is -2.38. The molecule has 0 aliphatic carbocycles. The third kappa shape index (κ3) is 5.58. The van der Waals surface area contributed by atoms with Crippen LogP contribution in [0.1, 0.15) is 26.3 Å². The molecule has 1 aliphatic heterocycles. The first-order valence-electron chi connectivity index (χ1n) is 7.90. The van der Waals surface area contributed by atoms with Crippen LogP contribution in [0.5, 0.6) is 0 Å². The maximum Gasteiger partial charge on any atom is 0.410 e. The molecule has 0 spiro atoms. The van der Waals surface area contributed by atoms with E-state index in [1.807, 2.05) is 6.07 Å². The third-order valence-electron chi connectivity index (χ3n) is 3.47. The van der Waals surface area contributed by atoms with Crippen molar-refractivity contribution in [2.45, 2.75) is 44.9 Å². The topological polar surface area (TPSA) is 67.9 Å². The number of nitrogens with zero attached hydrogens (tertiary/aromatic N) is 1. The molecule has 1 N–H and O–H groups in total. The van der Waals surface area contributed by atoms with Gasteiger partial charge in [-0.05, 0) is 26.3 Å². The van der Waals surface area contributed by atoms with E-state index in [0.717, 1.165) is 10.5 Å². The van der Waals surface area contributed by atoms with Gasteiger partial charge in [-0.25, -0.2) is 18.4 Å². The number of carbonyl (C=O) groups excluding carboxylic acids is 2. The van der Waals surface area contributed by atoms with Crippen LogP contribution in [-0.2, 0) is 16.1 Å². The van der Waals surface area contributed by atoms with Gasteiger partial charge in [0.25, 0.3) is 5.92 Å². The summed E-state index contributed by atoms with van der Waals surface area (Å²) < 4.78 is 38.1. The minimum absolute atomic E-state index is 0.0270. The summed E-state index contributed by atoms with van der Waals surface area (Å²) >= 11 is 0. The average Bonchev–Trinajstić information content (AvgIpc) is 2.80. The first-order valence-corrected chi connectivity index (χ1v) is 7.90. The predicted octanol–water partition coefficient (Wildman–Crippen LogP) is 3.17. The number of ether oxygens (including phenoxy) is 2. The van der Waals surface area contributed by atoms with Gasteiger partial charge in [-0.1, -0.05) is 30.3 Å². The quantitative estimate of drug-likeness (QED) is 0.903. The molecule has 1 aromatic rings. The van der Waals surface area contributed by atoms with Gasteiger partial charge in [-0.15, -0.1) is 0 Å². The molecule has 2 rings (SSSR count). The second kappa shape index (κ2) is 7.25. The number of hydrogen-bond donors (Lipinski definition) is 1. The number of carbonyl (C=O) groups is 2. The van der Waals surface area contributed by atoms with Crippen LogP contribution in [0.25, 0.3) is 0 Å². The van der Waals surface area contributed by atoms with Gasteiger partial charge in [0.1, 0.15) is 18.2 Å². The fourth-order valence-electron chi connectivity index (χ4n) is 2.31. The second-order valence-electron chi connectivity index (χ2n) is 6.88. The van der Waals surface area contributed by atoms with E-state index in [1.54, 1.807) is 45.0 Å². The molecule has 1 saturated heterocycles. The average molecular weight is 356 g/mol. The number of benzene rings is 1. The van der Waals surface area contributed by atoms with Gasteiger partial charge < -0.3 is 14.8 Å². The molecule has 0 radical (unpaired) electrons. The lowest BCUT2D eigenvalue weighted by Gasteiger charge is -2.24. The Kier molecular flexibility index (Phi) is 5.49. The van der Waals surface area contributed by atoms with Crippen LogP contribution in [0.4, 0.5) is 18.4 Å². The molecule has 138 valence electrons. The Balaban J connectivity index is 1.88. The zero-order chi connectivity index (χ0) is 18.7. The maximum atomic E-state index is 14.1. The first-order chi connectivity index (χ1) is 11.6. The van der Waals surface area contributed by atoms with Crippen molar-refractivity contribution in [3.05, 3.63) is 35.9 Å². The van der Waals surface area contributed by atoms with Crippen molar-refractivity contribution in [3.8, 4) is 0 Å². The van der Waals surface area contributed by atoms with Crippen LogP contribution in [0.3, 0.4) is 0 Å². The molecule has 2 amide bonds. The molecule has 25 heavy (non-hydrogen) atoms. The number of halogens is 2. The van der Waals surface area contributed by atoms with E-state index < -0.39 is 36.3 Å². The lowest BCUT2D eigenvalue weighted by atomic mass is 10.2.